The summed E-state index contributed by atoms with van der Waals surface area (Å²) >= 11 is 0. The molecule has 0 aromatic heterocycles. The van der Waals surface area contributed by atoms with E-state index in [-0.39, 0.29) is 17.9 Å². The lowest BCUT2D eigenvalue weighted by Crippen LogP contribution is -2.45. The summed E-state index contributed by atoms with van der Waals surface area (Å²) < 4.78 is 9.66. The Morgan fingerprint density at radius 1 is 0.955 bits per heavy atom. The zero-order chi connectivity index (χ0) is 15.7. The van der Waals surface area contributed by atoms with Crippen LogP contribution in [0.3, 0.4) is 0 Å². The maximum Gasteiger partial charge on any atom is 0.310 e. The molecule has 3 atom stereocenters. The van der Waals surface area contributed by atoms with Gasteiger partial charge < -0.3 is 9.47 Å². The van der Waals surface area contributed by atoms with Crippen molar-refractivity contribution in [1.82, 2.24) is 0 Å². The van der Waals surface area contributed by atoms with Gasteiger partial charge in [-0.05, 0) is 28.7 Å². The summed E-state index contributed by atoms with van der Waals surface area (Å²) in [5, 5.41) is 2.29. The van der Waals surface area contributed by atoms with E-state index in [1.54, 1.807) is 0 Å². The molecule has 0 heterocycles. The van der Waals surface area contributed by atoms with Crippen LogP contribution in [0.15, 0.2) is 42.5 Å². The molecule has 1 aliphatic carbocycles. The second-order valence-corrected chi connectivity index (χ2v) is 5.63. The maximum absolute atomic E-state index is 12.0. The Hall–Kier alpha value is -2.36. The lowest BCUT2D eigenvalue weighted by molar-refractivity contribution is -0.166. The van der Waals surface area contributed by atoms with Crippen molar-refractivity contribution in [1.29, 1.82) is 0 Å². The number of rotatable bonds is 3. The van der Waals surface area contributed by atoms with Crippen molar-refractivity contribution in [2.45, 2.75) is 12.3 Å². The molecule has 0 aliphatic heterocycles. The van der Waals surface area contributed by atoms with Crippen LogP contribution < -0.4 is 0 Å². The summed E-state index contributed by atoms with van der Waals surface area (Å²) in [7, 11) is 2.70. The van der Waals surface area contributed by atoms with Gasteiger partial charge in [0.25, 0.3) is 0 Å². The first-order valence-corrected chi connectivity index (χ1v) is 7.30. The largest absolute Gasteiger partial charge is 0.469 e. The van der Waals surface area contributed by atoms with E-state index >= 15 is 0 Å². The number of carbonyl (C=O) groups is 2. The molecule has 2 aromatic carbocycles. The molecule has 2 aromatic rings. The number of benzene rings is 2. The second-order valence-electron chi connectivity index (χ2n) is 5.63. The number of hydrogen-bond acceptors (Lipinski definition) is 4. The van der Waals surface area contributed by atoms with Gasteiger partial charge in [0.2, 0.25) is 0 Å². The molecule has 3 unspecified atom stereocenters. The summed E-state index contributed by atoms with van der Waals surface area (Å²) in [6.45, 7) is 0. The van der Waals surface area contributed by atoms with Crippen LogP contribution in [0.1, 0.15) is 17.9 Å². The van der Waals surface area contributed by atoms with Crippen molar-refractivity contribution < 1.29 is 19.1 Å². The molecular formula is C18H18O4. The molecule has 0 amide bonds. The molecule has 0 N–H and O–H groups in total. The highest BCUT2D eigenvalue weighted by Crippen LogP contribution is 2.48. The van der Waals surface area contributed by atoms with Gasteiger partial charge in [-0.15, -0.1) is 0 Å². The van der Waals surface area contributed by atoms with E-state index in [1.165, 1.54) is 14.2 Å². The quantitative estimate of drug-likeness (QED) is 0.818. The first kappa shape index (κ1) is 14.6. The molecule has 114 valence electrons. The minimum atomic E-state index is -0.460. The summed E-state index contributed by atoms with van der Waals surface area (Å²) in [5.41, 5.74) is 1.06. The maximum atomic E-state index is 12.0. The zero-order valence-electron chi connectivity index (χ0n) is 12.6. The lowest BCUT2D eigenvalue weighted by atomic mass is 9.62. The fourth-order valence-corrected chi connectivity index (χ4v) is 3.29. The van der Waals surface area contributed by atoms with Gasteiger partial charge in [-0.25, -0.2) is 0 Å². The smallest absolute Gasteiger partial charge is 0.310 e. The first-order valence-electron chi connectivity index (χ1n) is 7.30. The summed E-state index contributed by atoms with van der Waals surface area (Å²) in [5.74, 6) is -1.55. The van der Waals surface area contributed by atoms with Gasteiger partial charge >= 0.3 is 11.9 Å². The van der Waals surface area contributed by atoms with Crippen molar-refractivity contribution in [2.75, 3.05) is 14.2 Å². The molecule has 0 spiro atoms. The first-order chi connectivity index (χ1) is 10.7. The third-order valence-corrected chi connectivity index (χ3v) is 4.55. The van der Waals surface area contributed by atoms with Crippen molar-refractivity contribution in [3.05, 3.63) is 48.0 Å². The lowest BCUT2D eigenvalue weighted by Gasteiger charge is -2.41. The number of carbonyl (C=O) groups excluding carboxylic acids is 2. The molecule has 1 saturated carbocycles. The van der Waals surface area contributed by atoms with Crippen LogP contribution >= 0.6 is 0 Å². The van der Waals surface area contributed by atoms with Crippen LogP contribution in [0.2, 0.25) is 0 Å². The predicted octanol–water partition coefficient (Wildman–Crippen LogP) is 2.91. The second kappa shape index (κ2) is 5.79. The van der Waals surface area contributed by atoms with Gasteiger partial charge in [0.1, 0.15) is 0 Å². The monoisotopic (exact) mass is 298 g/mol. The van der Waals surface area contributed by atoms with Gasteiger partial charge in [-0.1, -0.05) is 42.5 Å². The van der Waals surface area contributed by atoms with Crippen LogP contribution in [0.25, 0.3) is 10.8 Å². The molecule has 1 aliphatic rings. The van der Waals surface area contributed by atoms with Crippen LogP contribution in [-0.2, 0) is 19.1 Å². The average molecular weight is 298 g/mol. The van der Waals surface area contributed by atoms with E-state index in [1.807, 2.05) is 30.3 Å². The van der Waals surface area contributed by atoms with Gasteiger partial charge in [0.15, 0.2) is 0 Å². The Balaban J connectivity index is 1.92. The summed E-state index contributed by atoms with van der Waals surface area (Å²) in [6.07, 6.45) is 0.616. The number of ether oxygens (including phenoxy) is 2. The van der Waals surface area contributed by atoms with Crippen molar-refractivity contribution >= 4 is 22.7 Å². The van der Waals surface area contributed by atoms with E-state index in [2.05, 4.69) is 12.1 Å². The molecule has 0 saturated heterocycles. The predicted molar refractivity (Wildman–Crippen MR) is 82.3 cm³/mol. The average Bonchev–Trinajstić information content (AvgIpc) is 2.53. The number of fused-ring (bicyclic) bond motifs is 1. The fraction of sp³-hybridized carbons (Fsp3) is 0.333. The zero-order valence-corrected chi connectivity index (χ0v) is 12.6. The standard InChI is InChI=1S/C18H18O4/c1-21-17(19)15-10-14(16(15)18(20)22-2)13-8-7-11-5-3-4-6-12(11)9-13/h3-9,14-16H,10H2,1-2H3. The highest BCUT2D eigenvalue weighted by atomic mass is 16.5. The third-order valence-electron chi connectivity index (χ3n) is 4.55. The Labute approximate surface area is 129 Å². The third kappa shape index (κ3) is 2.34. The number of methoxy groups -OCH3 is 2. The Morgan fingerprint density at radius 3 is 2.32 bits per heavy atom. The highest BCUT2D eigenvalue weighted by Gasteiger charge is 2.51. The summed E-state index contributed by atoms with van der Waals surface area (Å²) in [4.78, 5) is 23.8. The molecule has 0 radical (unpaired) electrons. The minimum Gasteiger partial charge on any atom is -0.469 e. The number of esters is 2. The Kier molecular flexibility index (Phi) is 3.84. The van der Waals surface area contributed by atoms with Crippen molar-refractivity contribution in [3.8, 4) is 0 Å². The normalized spacial score (nSPS) is 23.6. The Bertz CT molecular complexity index is 722. The van der Waals surface area contributed by atoms with Gasteiger partial charge in [0, 0.05) is 0 Å². The molecule has 0 bridgehead atoms. The van der Waals surface area contributed by atoms with E-state index in [9.17, 15) is 9.59 Å². The summed E-state index contributed by atoms with van der Waals surface area (Å²) in [6, 6.07) is 14.2. The number of hydrogen-bond donors (Lipinski definition) is 0. The molecule has 4 nitrogen and oxygen atoms in total. The van der Waals surface area contributed by atoms with Gasteiger partial charge in [-0.3, -0.25) is 9.59 Å². The molecule has 3 rings (SSSR count). The van der Waals surface area contributed by atoms with E-state index < -0.39 is 11.8 Å². The van der Waals surface area contributed by atoms with E-state index in [0.29, 0.717) is 6.42 Å². The van der Waals surface area contributed by atoms with Crippen molar-refractivity contribution in [3.63, 3.8) is 0 Å². The molecule has 4 heteroatoms. The van der Waals surface area contributed by atoms with E-state index in [4.69, 9.17) is 9.47 Å². The van der Waals surface area contributed by atoms with Crippen LogP contribution in [-0.4, -0.2) is 26.2 Å². The fourth-order valence-electron chi connectivity index (χ4n) is 3.29. The SMILES string of the molecule is COC(=O)C1CC(c2ccc3ccccc3c2)C1C(=O)OC. The molecular weight excluding hydrogens is 280 g/mol. The highest BCUT2D eigenvalue weighted by molar-refractivity contribution is 5.87. The van der Waals surface area contributed by atoms with Crippen molar-refractivity contribution in [2.24, 2.45) is 11.8 Å². The van der Waals surface area contributed by atoms with Crippen LogP contribution in [0, 0.1) is 11.8 Å². The van der Waals surface area contributed by atoms with Gasteiger partial charge in [-0.2, -0.15) is 0 Å². The molecule has 1 fully saturated rings. The van der Waals surface area contributed by atoms with Crippen LogP contribution in [0.5, 0.6) is 0 Å². The Morgan fingerprint density at radius 2 is 1.64 bits per heavy atom. The molecule has 22 heavy (non-hydrogen) atoms. The van der Waals surface area contributed by atoms with Crippen LogP contribution in [0.4, 0.5) is 0 Å². The van der Waals surface area contributed by atoms with E-state index in [0.717, 1.165) is 16.3 Å². The van der Waals surface area contributed by atoms with Gasteiger partial charge in [0.05, 0.1) is 26.1 Å². The minimum absolute atomic E-state index is 0.00107. The topological polar surface area (TPSA) is 52.6 Å².